The van der Waals surface area contributed by atoms with Crippen LogP contribution in [0.1, 0.15) is 16.3 Å². The van der Waals surface area contributed by atoms with Crippen molar-refractivity contribution >= 4 is 29.2 Å². The van der Waals surface area contributed by atoms with Crippen molar-refractivity contribution in [1.82, 2.24) is 15.8 Å². The predicted octanol–water partition coefficient (Wildman–Crippen LogP) is 4.94. The second-order valence-electron chi connectivity index (χ2n) is 7.74. The average molecular weight is 500 g/mol. The normalized spacial score (nSPS) is 10.7. The summed E-state index contributed by atoms with van der Waals surface area (Å²) in [5, 5.41) is 2.96. The number of aromatic nitrogens is 1. The highest BCUT2D eigenvalue weighted by atomic mass is 32.1. The standard InChI is InChI=1S/C28H25N3O4S/c1-20-29-23(19-36-20)17-34-24-11-7-8-21(16-24)14-15-27(32)30-31-28(33)18-35-26-13-6-5-12-25(26)22-9-3-2-4-10-22/h2-16,19H,17-18H2,1H3,(H,30,32)(H,31,33)/b15-14+. The molecule has 4 aromatic rings. The molecule has 0 saturated carbocycles. The fourth-order valence-corrected chi connectivity index (χ4v) is 3.91. The summed E-state index contributed by atoms with van der Waals surface area (Å²) in [4.78, 5) is 28.7. The summed E-state index contributed by atoms with van der Waals surface area (Å²) in [6.45, 7) is 2.08. The molecule has 0 aliphatic heterocycles. The quantitative estimate of drug-likeness (QED) is 0.252. The number of aryl methyl sites for hydroxylation is 1. The van der Waals surface area contributed by atoms with E-state index in [1.165, 1.54) is 6.08 Å². The molecule has 8 heteroatoms. The van der Waals surface area contributed by atoms with E-state index in [9.17, 15) is 9.59 Å². The summed E-state index contributed by atoms with van der Waals surface area (Å²) < 4.78 is 11.5. The van der Waals surface area contributed by atoms with Crippen LogP contribution in [-0.2, 0) is 16.2 Å². The molecule has 36 heavy (non-hydrogen) atoms. The van der Waals surface area contributed by atoms with Gasteiger partial charge in [-0.2, -0.15) is 0 Å². The van der Waals surface area contributed by atoms with E-state index in [-0.39, 0.29) is 6.61 Å². The molecule has 0 unspecified atom stereocenters. The largest absolute Gasteiger partial charge is 0.487 e. The maximum absolute atomic E-state index is 12.2. The molecular formula is C28H25N3O4S. The Kier molecular flexibility index (Phi) is 8.45. The van der Waals surface area contributed by atoms with Crippen LogP contribution >= 0.6 is 11.3 Å². The van der Waals surface area contributed by atoms with Gasteiger partial charge in [0.2, 0.25) is 0 Å². The monoisotopic (exact) mass is 499 g/mol. The number of carbonyl (C=O) groups is 2. The SMILES string of the molecule is Cc1nc(COc2cccc(/C=C/C(=O)NNC(=O)COc3ccccc3-c3ccccc3)c2)cs1. The average Bonchev–Trinajstić information content (AvgIpc) is 3.34. The molecule has 1 aromatic heterocycles. The lowest BCUT2D eigenvalue weighted by Gasteiger charge is -2.12. The van der Waals surface area contributed by atoms with Gasteiger partial charge in [-0.3, -0.25) is 20.4 Å². The number of hydrogen-bond donors (Lipinski definition) is 2. The lowest BCUT2D eigenvalue weighted by Crippen LogP contribution is -2.43. The van der Waals surface area contributed by atoms with Crippen LogP contribution in [0, 0.1) is 6.92 Å². The van der Waals surface area contributed by atoms with Crippen molar-refractivity contribution in [3.8, 4) is 22.6 Å². The van der Waals surface area contributed by atoms with Crippen molar-refractivity contribution in [3.63, 3.8) is 0 Å². The highest BCUT2D eigenvalue weighted by Crippen LogP contribution is 2.29. The molecule has 0 atom stereocenters. The van der Waals surface area contributed by atoms with Gasteiger partial charge in [-0.25, -0.2) is 4.98 Å². The molecule has 0 radical (unpaired) electrons. The zero-order chi connectivity index (χ0) is 25.2. The van der Waals surface area contributed by atoms with Crippen molar-refractivity contribution in [2.45, 2.75) is 13.5 Å². The molecular weight excluding hydrogens is 474 g/mol. The number of nitrogens with zero attached hydrogens (tertiary/aromatic N) is 1. The molecule has 2 N–H and O–H groups in total. The fourth-order valence-electron chi connectivity index (χ4n) is 3.31. The molecule has 2 amide bonds. The van der Waals surface area contributed by atoms with Crippen LogP contribution in [0.15, 0.2) is 90.3 Å². The number of thiazole rings is 1. The number of carbonyl (C=O) groups excluding carboxylic acids is 2. The fraction of sp³-hybridized carbons (Fsp3) is 0.107. The molecule has 3 aromatic carbocycles. The third-order valence-corrected chi connectivity index (χ3v) is 5.82. The summed E-state index contributed by atoms with van der Waals surface area (Å²) in [6, 6.07) is 24.6. The topological polar surface area (TPSA) is 89.5 Å². The first-order valence-corrected chi connectivity index (χ1v) is 12.1. The molecule has 1 heterocycles. The molecule has 0 spiro atoms. The zero-order valence-corrected chi connectivity index (χ0v) is 20.5. The Balaban J connectivity index is 1.23. The maximum Gasteiger partial charge on any atom is 0.276 e. The Bertz CT molecular complexity index is 1350. The second-order valence-corrected chi connectivity index (χ2v) is 8.80. The number of hydrogen-bond acceptors (Lipinski definition) is 6. The summed E-state index contributed by atoms with van der Waals surface area (Å²) in [7, 11) is 0. The highest BCUT2D eigenvalue weighted by molar-refractivity contribution is 7.09. The van der Waals surface area contributed by atoms with Gasteiger partial charge < -0.3 is 9.47 Å². The molecule has 0 saturated heterocycles. The second kappa shape index (κ2) is 12.3. The first-order chi connectivity index (χ1) is 17.6. The molecule has 182 valence electrons. The molecule has 0 aliphatic rings. The number of nitrogens with one attached hydrogen (secondary N) is 2. The Hall–Kier alpha value is -4.43. The van der Waals surface area contributed by atoms with Gasteiger partial charge in [-0.15, -0.1) is 11.3 Å². The van der Waals surface area contributed by atoms with Gasteiger partial charge in [0.1, 0.15) is 18.1 Å². The van der Waals surface area contributed by atoms with Crippen LogP contribution in [0.4, 0.5) is 0 Å². The minimum Gasteiger partial charge on any atom is -0.487 e. The van der Waals surface area contributed by atoms with Crippen molar-refractivity contribution < 1.29 is 19.1 Å². The summed E-state index contributed by atoms with van der Waals surface area (Å²) >= 11 is 1.58. The van der Waals surface area contributed by atoms with E-state index in [2.05, 4.69) is 15.8 Å². The van der Waals surface area contributed by atoms with Gasteiger partial charge in [0.05, 0.1) is 10.7 Å². The Morgan fingerprint density at radius 3 is 2.56 bits per heavy atom. The lowest BCUT2D eigenvalue weighted by atomic mass is 10.1. The summed E-state index contributed by atoms with van der Waals surface area (Å²) in [5.41, 5.74) is 8.23. The van der Waals surface area contributed by atoms with E-state index in [1.807, 2.05) is 85.1 Å². The van der Waals surface area contributed by atoms with E-state index in [4.69, 9.17) is 9.47 Å². The highest BCUT2D eigenvalue weighted by Gasteiger charge is 2.09. The minimum atomic E-state index is -0.479. The number of benzene rings is 3. The zero-order valence-electron chi connectivity index (χ0n) is 19.6. The van der Waals surface area contributed by atoms with Gasteiger partial charge in [0.25, 0.3) is 11.8 Å². The van der Waals surface area contributed by atoms with Crippen LogP contribution in [0.25, 0.3) is 17.2 Å². The van der Waals surface area contributed by atoms with Crippen molar-refractivity contribution in [2.75, 3.05) is 6.61 Å². The Labute approximate surface area is 213 Å². The maximum atomic E-state index is 12.2. The minimum absolute atomic E-state index is 0.244. The van der Waals surface area contributed by atoms with Crippen LogP contribution in [0.3, 0.4) is 0 Å². The predicted molar refractivity (Wildman–Crippen MR) is 140 cm³/mol. The number of para-hydroxylation sites is 1. The summed E-state index contributed by atoms with van der Waals surface area (Å²) in [6.07, 6.45) is 2.96. The van der Waals surface area contributed by atoms with E-state index in [0.717, 1.165) is 27.4 Å². The molecule has 0 fully saturated rings. The van der Waals surface area contributed by atoms with E-state index in [1.54, 1.807) is 23.5 Å². The van der Waals surface area contributed by atoms with E-state index in [0.29, 0.717) is 18.1 Å². The van der Waals surface area contributed by atoms with Gasteiger partial charge in [0.15, 0.2) is 6.61 Å². The van der Waals surface area contributed by atoms with Crippen LogP contribution < -0.4 is 20.3 Å². The first-order valence-electron chi connectivity index (χ1n) is 11.2. The third-order valence-electron chi connectivity index (χ3n) is 4.99. The summed E-state index contributed by atoms with van der Waals surface area (Å²) in [5.74, 6) is 0.297. The van der Waals surface area contributed by atoms with Crippen molar-refractivity contribution in [2.24, 2.45) is 0 Å². The number of hydrazine groups is 1. The van der Waals surface area contributed by atoms with E-state index >= 15 is 0 Å². The van der Waals surface area contributed by atoms with Gasteiger partial charge in [-0.05, 0) is 42.3 Å². The number of amides is 2. The van der Waals surface area contributed by atoms with E-state index < -0.39 is 11.8 Å². The number of ether oxygens (including phenoxy) is 2. The molecule has 0 aliphatic carbocycles. The van der Waals surface area contributed by atoms with Crippen LogP contribution in [0.5, 0.6) is 11.5 Å². The van der Waals surface area contributed by atoms with Gasteiger partial charge in [-0.1, -0.05) is 60.7 Å². The molecule has 7 nitrogen and oxygen atoms in total. The van der Waals surface area contributed by atoms with Crippen molar-refractivity contribution in [1.29, 1.82) is 0 Å². The Morgan fingerprint density at radius 1 is 0.944 bits per heavy atom. The third kappa shape index (κ3) is 7.28. The van der Waals surface area contributed by atoms with Gasteiger partial charge >= 0.3 is 0 Å². The molecule has 0 bridgehead atoms. The number of rotatable bonds is 9. The smallest absolute Gasteiger partial charge is 0.276 e. The van der Waals surface area contributed by atoms with Crippen molar-refractivity contribution in [3.05, 3.63) is 107 Å². The Morgan fingerprint density at radius 2 is 1.75 bits per heavy atom. The van der Waals surface area contributed by atoms with Gasteiger partial charge in [0, 0.05) is 17.0 Å². The first kappa shape index (κ1) is 24.7. The van der Waals surface area contributed by atoms with Crippen LogP contribution in [-0.4, -0.2) is 23.4 Å². The lowest BCUT2D eigenvalue weighted by molar-refractivity contribution is -0.128. The van der Waals surface area contributed by atoms with Crippen LogP contribution in [0.2, 0.25) is 0 Å². The molecule has 4 rings (SSSR count).